The molecule has 0 aliphatic carbocycles. The maximum Gasteiger partial charge on any atom is 0.305 e. The fourth-order valence-corrected chi connectivity index (χ4v) is 1.52. The third-order valence-corrected chi connectivity index (χ3v) is 2.55. The number of hydrogen-bond donors (Lipinski definition) is 0. The molecule has 0 atom stereocenters. The Kier molecular flexibility index (Phi) is 11.7. The molecule has 0 heterocycles. The smallest absolute Gasteiger partial charge is 0.305 e. The second kappa shape index (κ2) is 12.3. The van der Waals surface area contributed by atoms with Crippen LogP contribution in [0.4, 0.5) is 0 Å². The van der Waals surface area contributed by atoms with Crippen molar-refractivity contribution in [2.45, 2.75) is 64.7 Å². The van der Waals surface area contributed by atoms with Gasteiger partial charge in [0.15, 0.2) is 0 Å². The lowest BCUT2D eigenvalue weighted by molar-refractivity contribution is -0.143. The molecule has 0 aromatic heterocycles. The summed E-state index contributed by atoms with van der Waals surface area (Å²) in [6, 6.07) is 0. The van der Waals surface area contributed by atoms with E-state index in [0.717, 1.165) is 32.1 Å². The van der Waals surface area contributed by atoms with E-state index in [1.165, 1.54) is 19.3 Å². The Labute approximate surface area is 100 Å². The maximum atomic E-state index is 11.3. The van der Waals surface area contributed by atoms with E-state index in [0.29, 0.717) is 13.0 Å². The third-order valence-electron chi connectivity index (χ3n) is 2.55. The molecule has 0 saturated heterocycles. The van der Waals surface area contributed by atoms with Gasteiger partial charge in [-0.2, -0.15) is 0 Å². The quantitative estimate of drug-likeness (QED) is 0.299. The molecule has 0 amide bonds. The molecular weight excluding hydrogens is 200 g/mol. The van der Waals surface area contributed by atoms with Crippen LogP contribution < -0.4 is 0 Å². The first-order chi connectivity index (χ1) is 7.81. The SMILES string of the molecule is C=CCCCCCC(=O)OCCCCCC. The average Bonchev–Trinajstić information content (AvgIpc) is 2.28. The fourth-order valence-electron chi connectivity index (χ4n) is 1.52. The van der Waals surface area contributed by atoms with Gasteiger partial charge in [0.2, 0.25) is 0 Å². The standard InChI is InChI=1S/C14H26O2/c1-3-5-7-9-10-12-14(15)16-13-11-8-6-4-2/h3H,1,4-13H2,2H3. The number of esters is 1. The van der Waals surface area contributed by atoms with Crippen molar-refractivity contribution in [3.63, 3.8) is 0 Å². The van der Waals surface area contributed by atoms with Crippen molar-refractivity contribution in [3.05, 3.63) is 12.7 Å². The van der Waals surface area contributed by atoms with Crippen LogP contribution in [0.2, 0.25) is 0 Å². The highest BCUT2D eigenvalue weighted by molar-refractivity contribution is 5.69. The molecule has 94 valence electrons. The minimum absolute atomic E-state index is 0.0323. The Morgan fingerprint density at radius 1 is 1.12 bits per heavy atom. The number of carbonyl (C=O) groups is 1. The molecule has 2 heteroatoms. The summed E-state index contributed by atoms with van der Waals surface area (Å²) in [5.41, 5.74) is 0. The number of carbonyl (C=O) groups excluding carboxylic acids is 1. The zero-order chi connectivity index (χ0) is 12.1. The van der Waals surface area contributed by atoms with Gasteiger partial charge in [-0.3, -0.25) is 4.79 Å². The van der Waals surface area contributed by atoms with Crippen molar-refractivity contribution in [1.29, 1.82) is 0 Å². The Morgan fingerprint density at radius 3 is 2.56 bits per heavy atom. The van der Waals surface area contributed by atoms with Gasteiger partial charge in [0.1, 0.15) is 0 Å². The van der Waals surface area contributed by atoms with Crippen LogP contribution in [0.5, 0.6) is 0 Å². The largest absolute Gasteiger partial charge is 0.466 e. The lowest BCUT2D eigenvalue weighted by Crippen LogP contribution is -2.05. The van der Waals surface area contributed by atoms with Gasteiger partial charge in [-0.05, 0) is 25.7 Å². The summed E-state index contributed by atoms with van der Waals surface area (Å²) in [5, 5.41) is 0. The fraction of sp³-hybridized carbons (Fsp3) is 0.786. The molecule has 0 fully saturated rings. The van der Waals surface area contributed by atoms with Crippen LogP contribution in [0.3, 0.4) is 0 Å². The maximum absolute atomic E-state index is 11.3. The highest BCUT2D eigenvalue weighted by Crippen LogP contribution is 2.05. The van der Waals surface area contributed by atoms with Gasteiger partial charge in [0.25, 0.3) is 0 Å². The summed E-state index contributed by atoms with van der Waals surface area (Å²) in [6.45, 7) is 6.45. The van der Waals surface area contributed by atoms with Gasteiger partial charge in [-0.15, -0.1) is 6.58 Å². The molecule has 0 spiro atoms. The average molecular weight is 226 g/mol. The molecule has 0 aromatic carbocycles. The Morgan fingerprint density at radius 2 is 1.88 bits per heavy atom. The van der Waals surface area contributed by atoms with Crippen LogP contribution in [-0.2, 0) is 9.53 Å². The zero-order valence-electron chi connectivity index (χ0n) is 10.7. The number of rotatable bonds is 11. The summed E-state index contributed by atoms with van der Waals surface area (Å²) in [6.07, 6.45) is 11.4. The summed E-state index contributed by atoms with van der Waals surface area (Å²) in [7, 11) is 0. The molecule has 0 N–H and O–H groups in total. The molecule has 0 saturated carbocycles. The van der Waals surface area contributed by atoms with Crippen molar-refractivity contribution in [2.75, 3.05) is 6.61 Å². The van der Waals surface area contributed by atoms with E-state index >= 15 is 0 Å². The van der Waals surface area contributed by atoms with Gasteiger partial charge >= 0.3 is 5.97 Å². The Bertz CT molecular complexity index is 176. The number of ether oxygens (including phenoxy) is 1. The lowest BCUT2D eigenvalue weighted by atomic mass is 10.1. The summed E-state index contributed by atoms with van der Waals surface area (Å²) < 4.78 is 5.14. The highest BCUT2D eigenvalue weighted by Gasteiger charge is 2.01. The van der Waals surface area contributed by atoms with Gasteiger partial charge in [0, 0.05) is 6.42 Å². The van der Waals surface area contributed by atoms with Crippen LogP contribution in [0.15, 0.2) is 12.7 Å². The van der Waals surface area contributed by atoms with Crippen LogP contribution in [0.25, 0.3) is 0 Å². The minimum atomic E-state index is -0.0323. The second-order valence-electron chi connectivity index (χ2n) is 4.17. The molecule has 16 heavy (non-hydrogen) atoms. The zero-order valence-corrected chi connectivity index (χ0v) is 10.7. The molecule has 0 radical (unpaired) electrons. The van der Waals surface area contributed by atoms with E-state index in [1.807, 2.05) is 6.08 Å². The summed E-state index contributed by atoms with van der Waals surface area (Å²) in [5.74, 6) is -0.0323. The molecule has 0 aliphatic rings. The topological polar surface area (TPSA) is 26.3 Å². The monoisotopic (exact) mass is 226 g/mol. The van der Waals surface area contributed by atoms with Gasteiger partial charge in [-0.25, -0.2) is 0 Å². The van der Waals surface area contributed by atoms with Gasteiger partial charge in [-0.1, -0.05) is 38.7 Å². The first-order valence-corrected chi connectivity index (χ1v) is 6.57. The summed E-state index contributed by atoms with van der Waals surface area (Å²) in [4.78, 5) is 11.3. The van der Waals surface area contributed by atoms with E-state index in [-0.39, 0.29) is 5.97 Å². The minimum Gasteiger partial charge on any atom is -0.466 e. The number of hydrogen-bond acceptors (Lipinski definition) is 2. The van der Waals surface area contributed by atoms with E-state index in [1.54, 1.807) is 0 Å². The van der Waals surface area contributed by atoms with Gasteiger partial charge < -0.3 is 4.74 Å². The first kappa shape index (κ1) is 15.2. The highest BCUT2D eigenvalue weighted by atomic mass is 16.5. The molecule has 0 aliphatic heterocycles. The molecule has 2 nitrogen and oxygen atoms in total. The molecule has 0 rings (SSSR count). The number of allylic oxidation sites excluding steroid dienone is 1. The number of unbranched alkanes of at least 4 members (excludes halogenated alkanes) is 6. The third kappa shape index (κ3) is 11.3. The molecular formula is C14H26O2. The first-order valence-electron chi connectivity index (χ1n) is 6.57. The van der Waals surface area contributed by atoms with Crippen molar-refractivity contribution >= 4 is 5.97 Å². The summed E-state index contributed by atoms with van der Waals surface area (Å²) >= 11 is 0. The van der Waals surface area contributed by atoms with E-state index in [9.17, 15) is 4.79 Å². The predicted molar refractivity (Wildman–Crippen MR) is 68.4 cm³/mol. The van der Waals surface area contributed by atoms with E-state index in [2.05, 4.69) is 13.5 Å². The van der Waals surface area contributed by atoms with Crippen LogP contribution in [0, 0.1) is 0 Å². The molecule has 0 unspecified atom stereocenters. The van der Waals surface area contributed by atoms with Crippen molar-refractivity contribution in [3.8, 4) is 0 Å². The van der Waals surface area contributed by atoms with Crippen molar-refractivity contribution < 1.29 is 9.53 Å². The van der Waals surface area contributed by atoms with Crippen molar-refractivity contribution in [1.82, 2.24) is 0 Å². The second-order valence-corrected chi connectivity index (χ2v) is 4.17. The van der Waals surface area contributed by atoms with Crippen molar-refractivity contribution in [2.24, 2.45) is 0 Å². The molecule has 0 bridgehead atoms. The van der Waals surface area contributed by atoms with Crippen LogP contribution in [0.1, 0.15) is 64.7 Å². The lowest BCUT2D eigenvalue weighted by Gasteiger charge is -2.04. The van der Waals surface area contributed by atoms with E-state index < -0.39 is 0 Å². The molecule has 0 aromatic rings. The Balaban J connectivity index is 3.15. The van der Waals surface area contributed by atoms with Crippen LogP contribution in [-0.4, -0.2) is 12.6 Å². The van der Waals surface area contributed by atoms with Gasteiger partial charge in [0.05, 0.1) is 6.61 Å². The Hall–Kier alpha value is -0.790. The van der Waals surface area contributed by atoms with E-state index in [4.69, 9.17) is 4.74 Å². The normalized spacial score (nSPS) is 10.1. The predicted octanol–water partition coefficient (Wildman–Crippen LogP) is 4.25. The van der Waals surface area contributed by atoms with Crippen LogP contribution >= 0.6 is 0 Å².